The lowest BCUT2D eigenvalue weighted by Gasteiger charge is -2.24. The maximum absolute atomic E-state index is 13.4. The topological polar surface area (TPSA) is 104 Å². The number of thiazole rings is 1. The van der Waals surface area contributed by atoms with Crippen LogP contribution in [0.4, 0.5) is 5.69 Å². The molecule has 33 heavy (non-hydrogen) atoms. The van der Waals surface area contributed by atoms with Gasteiger partial charge in [-0.3, -0.25) is 19.5 Å². The Labute approximate surface area is 200 Å². The van der Waals surface area contributed by atoms with Gasteiger partial charge in [-0.05, 0) is 48.4 Å². The molecule has 0 N–H and O–H groups in total. The molecule has 1 aliphatic heterocycles. The highest BCUT2D eigenvalue weighted by Crippen LogP contribution is 2.34. The molecule has 2 aromatic carbocycles. The van der Waals surface area contributed by atoms with Gasteiger partial charge in [0.2, 0.25) is 0 Å². The van der Waals surface area contributed by atoms with Crippen LogP contribution in [0.15, 0.2) is 63.5 Å². The first-order chi connectivity index (χ1) is 15.7. The molecule has 0 amide bonds. The van der Waals surface area contributed by atoms with Crippen LogP contribution in [0.25, 0.3) is 6.08 Å². The number of allylic oxidation sites excluding steroid dienone is 1. The second-order valence-electron chi connectivity index (χ2n) is 7.09. The zero-order valence-corrected chi connectivity index (χ0v) is 19.6. The molecule has 0 saturated carbocycles. The molecule has 3 aromatic rings. The van der Waals surface area contributed by atoms with E-state index >= 15 is 0 Å². The summed E-state index contributed by atoms with van der Waals surface area (Å²) < 4.78 is 6.72. The van der Waals surface area contributed by atoms with Crippen molar-refractivity contribution in [1.29, 1.82) is 0 Å². The van der Waals surface area contributed by atoms with E-state index in [1.54, 1.807) is 37.3 Å². The van der Waals surface area contributed by atoms with Gasteiger partial charge in [0.25, 0.3) is 11.2 Å². The predicted molar refractivity (Wildman–Crippen MR) is 125 cm³/mol. The fourth-order valence-electron chi connectivity index (χ4n) is 3.56. The molecule has 1 atom stereocenters. The molecule has 0 fully saturated rings. The van der Waals surface area contributed by atoms with Gasteiger partial charge in [0.1, 0.15) is 5.02 Å². The normalized spacial score (nSPS) is 15.8. The lowest BCUT2D eigenvalue weighted by molar-refractivity contribution is -0.384. The molecule has 168 valence electrons. The van der Waals surface area contributed by atoms with Crippen LogP contribution in [0.5, 0.6) is 0 Å². The van der Waals surface area contributed by atoms with Gasteiger partial charge in [-0.15, -0.1) is 0 Å². The molecule has 0 saturated heterocycles. The molecule has 1 aromatic heterocycles. The monoisotopic (exact) mass is 503 g/mol. The van der Waals surface area contributed by atoms with Gasteiger partial charge < -0.3 is 4.74 Å². The van der Waals surface area contributed by atoms with Gasteiger partial charge in [-0.25, -0.2) is 9.79 Å². The average molecular weight is 504 g/mol. The number of nitrogens with zero attached hydrogens (tertiary/aromatic N) is 3. The second kappa shape index (κ2) is 8.93. The third-order valence-electron chi connectivity index (χ3n) is 5.08. The Morgan fingerprint density at radius 3 is 2.55 bits per heavy atom. The number of esters is 1. The number of fused-ring (bicyclic) bond motifs is 1. The van der Waals surface area contributed by atoms with Gasteiger partial charge in [0, 0.05) is 11.1 Å². The zero-order valence-electron chi connectivity index (χ0n) is 17.2. The van der Waals surface area contributed by atoms with Crippen LogP contribution in [-0.4, -0.2) is 22.6 Å². The van der Waals surface area contributed by atoms with Crippen molar-refractivity contribution in [1.82, 2.24) is 4.57 Å². The first-order valence-corrected chi connectivity index (χ1v) is 11.1. The maximum atomic E-state index is 13.4. The van der Waals surface area contributed by atoms with E-state index in [-0.39, 0.29) is 21.8 Å². The third kappa shape index (κ3) is 4.22. The molecule has 0 aliphatic carbocycles. The summed E-state index contributed by atoms with van der Waals surface area (Å²) in [5.74, 6) is -0.664. The van der Waals surface area contributed by atoms with Crippen LogP contribution < -0.4 is 14.9 Å². The standard InChI is InChI=1S/C22H15Cl2N3O5S/c1-11-18(21(29)32-2)19(13-5-8-16(27(30)31)15(24)10-13)26-20(28)17(33-22(26)25-11)9-12-3-6-14(23)7-4-12/h3-10,19H,1-2H3/b17-9+/t19-/m0/s1. The first-order valence-electron chi connectivity index (χ1n) is 9.51. The quantitative estimate of drug-likeness (QED) is 0.307. The first kappa shape index (κ1) is 22.9. The van der Waals surface area contributed by atoms with Crippen LogP contribution in [0.2, 0.25) is 10.0 Å². The highest BCUT2D eigenvalue weighted by molar-refractivity contribution is 7.07. The summed E-state index contributed by atoms with van der Waals surface area (Å²) in [5.41, 5.74) is 1.05. The van der Waals surface area contributed by atoms with Crippen molar-refractivity contribution < 1.29 is 14.5 Å². The third-order valence-corrected chi connectivity index (χ3v) is 6.62. The smallest absolute Gasteiger partial charge is 0.338 e. The van der Waals surface area contributed by atoms with Crippen molar-refractivity contribution in [3.8, 4) is 0 Å². The average Bonchev–Trinajstić information content (AvgIpc) is 3.08. The van der Waals surface area contributed by atoms with E-state index in [0.29, 0.717) is 25.6 Å². The molecule has 4 rings (SSSR count). The zero-order chi connectivity index (χ0) is 23.9. The number of nitro groups is 1. The van der Waals surface area contributed by atoms with Crippen molar-refractivity contribution in [3.63, 3.8) is 0 Å². The Balaban J connectivity index is 1.97. The number of hydrogen-bond donors (Lipinski definition) is 0. The molecule has 1 aliphatic rings. The largest absolute Gasteiger partial charge is 0.466 e. The summed E-state index contributed by atoms with van der Waals surface area (Å²) in [7, 11) is 1.23. The van der Waals surface area contributed by atoms with Gasteiger partial charge in [-0.2, -0.15) is 0 Å². The number of rotatable bonds is 4. The number of methoxy groups -OCH3 is 1. The van der Waals surface area contributed by atoms with Crippen LogP contribution in [0.3, 0.4) is 0 Å². The van der Waals surface area contributed by atoms with Crippen molar-refractivity contribution >= 4 is 52.3 Å². The number of hydrogen-bond acceptors (Lipinski definition) is 7. The Morgan fingerprint density at radius 1 is 1.24 bits per heavy atom. The predicted octanol–water partition coefficient (Wildman–Crippen LogP) is 3.62. The van der Waals surface area contributed by atoms with E-state index in [0.717, 1.165) is 16.9 Å². The van der Waals surface area contributed by atoms with E-state index in [1.165, 1.54) is 29.9 Å². The number of benzene rings is 2. The Bertz CT molecular complexity index is 1510. The Morgan fingerprint density at radius 2 is 1.94 bits per heavy atom. The van der Waals surface area contributed by atoms with E-state index < -0.39 is 16.9 Å². The molecule has 0 radical (unpaired) electrons. The molecule has 8 nitrogen and oxygen atoms in total. The molecular weight excluding hydrogens is 489 g/mol. The SMILES string of the molecule is COC(=O)C1=C(C)N=c2s/c(=C/c3ccc(Cl)cc3)c(=O)n2[C@H]1c1ccc([N+](=O)[O-])c(Cl)c1. The van der Waals surface area contributed by atoms with Crippen molar-refractivity contribution in [2.75, 3.05) is 7.11 Å². The van der Waals surface area contributed by atoms with Crippen molar-refractivity contribution in [3.05, 3.63) is 105 Å². The number of halogens is 2. The fraction of sp³-hybridized carbons (Fsp3) is 0.136. The van der Waals surface area contributed by atoms with E-state index in [1.807, 2.05) is 0 Å². The Hall–Kier alpha value is -3.27. The second-order valence-corrected chi connectivity index (χ2v) is 8.95. The van der Waals surface area contributed by atoms with Crippen LogP contribution in [0, 0.1) is 10.1 Å². The summed E-state index contributed by atoms with van der Waals surface area (Å²) in [4.78, 5) is 41.5. The number of carbonyl (C=O) groups is 1. The fourth-order valence-corrected chi connectivity index (χ4v) is 4.99. The van der Waals surface area contributed by atoms with E-state index in [2.05, 4.69) is 4.99 Å². The summed E-state index contributed by atoms with van der Waals surface area (Å²) in [6.07, 6.45) is 1.71. The van der Waals surface area contributed by atoms with Crippen molar-refractivity contribution in [2.24, 2.45) is 4.99 Å². The molecular formula is C22H15Cl2N3O5S. The lowest BCUT2D eigenvalue weighted by Crippen LogP contribution is -2.39. The molecule has 11 heteroatoms. The van der Waals surface area contributed by atoms with Crippen molar-refractivity contribution in [2.45, 2.75) is 13.0 Å². The minimum absolute atomic E-state index is 0.111. The van der Waals surface area contributed by atoms with E-state index in [9.17, 15) is 19.7 Å². The minimum atomic E-state index is -0.917. The minimum Gasteiger partial charge on any atom is -0.466 e. The van der Waals surface area contributed by atoms with Crippen LogP contribution >= 0.6 is 34.5 Å². The highest BCUT2D eigenvalue weighted by Gasteiger charge is 2.33. The van der Waals surface area contributed by atoms with Gasteiger partial charge >= 0.3 is 5.97 Å². The summed E-state index contributed by atoms with van der Waals surface area (Å²) in [6.45, 7) is 1.64. The molecule has 2 heterocycles. The highest BCUT2D eigenvalue weighted by atomic mass is 35.5. The summed E-state index contributed by atoms with van der Waals surface area (Å²) >= 11 is 13.2. The molecule has 0 bridgehead atoms. The number of ether oxygens (including phenoxy) is 1. The number of nitro benzene ring substituents is 1. The van der Waals surface area contributed by atoms with Gasteiger partial charge in [0.15, 0.2) is 4.80 Å². The van der Waals surface area contributed by atoms with Gasteiger partial charge in [0.05, 0.1) is 33.9 Å². The number of aromatic nitrogens is 1. The summed E-state index contributed by atoms with van der Waals surface area (Å²) in [6, 6.07) is 10.1. The summed E-state index contributed by atoms with van der Waals surface area (Å²) in [5, 5.41) is 11.6. The van der Waals surface area contributed by atoms with Crippen LogP contribution in [0.1, 0.15) is 24.1 Å². The number of carbonyl (C=O) groups excluding carboxylic acids is 1. The lowest BCUT2D eigenvalue weighted by atomic mass is 9.95. The van der Waals surface area contributed by atoms with Gasteiger partial charge in [-0.1, -0.05) is 46.7 Å². The van der Waals surface area contributed by atoms with Crippen LogP contribution in [-0.2, 0) is 9.53 Å². The Kier molecular flexibility index (Phi) is 6.20. The molecule has 0 spiro atoms. The van der Waals surface area contributed by atoms with E-state index in [4.69, 9.17) is 27.9 Å². The maximum Gasteiger partial charge on any atom is 0.338 e. The molecule has 0 unspecified atom stereocenters.